The van der Waals surface area contributed by atoms with E-state index < -0.39 is 0 Å². The highest BCUT2D eigenvalue weighted by atomic mass is 35.5. The van der Waals surface area contributed by atoms with Crippen molar-refractivity contribution in [2.45, 2.75) is 39.3 Å². The van der Waals surface area contributed by atoms with Gasteiger partial charge in [0, 0.05) is 18.3 Å². The largest absolute Gasteiger partial charge is 0.375 e. The molecule has 1 aromatic rings. The fraction of sp³-hybridized carbons (Fsp3) is 0.667. The number of nitrogens with zero attached hydrogens (tertiary/aromatic N) is 3. The van der Waals surface area contributed by atoms with Gasteiger partial charge in [-0.1, -0.05) is 6.92 Å². The molecular formula is C12H18ClN3O. The Labute approximate surface area is 107 Å². The Morgan fingerprint density at radius 3 is 2.94 bits per heavy atom. The summed E-state index contributed by atoms with van der Waals surface area (Å²) in [6.45, 7) is 7.77. The van der Waals surface area contributed by atoms with Crippen molar-refractivity contribution < 1.29 is 4.74 Å². The second kappa shape index (κ2) is 5.19. The van der Waals surface area contributed by atoms with Crippen LogP contribution in [-0.4, -0.2) is 35.3 Å². The maximum absolute atomic E-state index is 5.92. The average molecular weight is 256 g/mol. The summed E-state index contributed by atoms with van der Waals surface area (Å²) in [7, 11) is 0. The monoisotopic (exact) mass is 255 g/mol. The minimum atomic E-state index is 0.229. The number of halogens is 1. The van der Waals surface area contributed by atoms with E-state index in [0.717, 1.165) is 31.1 Å². The normalized spacial score (nSPS) is 25.1. The van der Waals surface area contributed by atoms with Crippen LogP contribution in [0.5, 0.6) is 0 Å². The van der Waals surface area contributed by atoms with Crippen molar-refractivity contribution in [3.63, 3.8) is 0 Å². The van der Waals surface area contributed by atoms with E-state index in [-0.39, 0.29) is 6.10 Å². The molecule has 1 aliphatic heterocycles. The van der Waals surface area contributed by atoms with Gasteiger partial charge in [-0.15, -0.1) is 0 Å². The lowest BCUT2D eigenvalue weighted by Crippen LogP contribution is -2.49. The number of rotatable bonds is 2. The van der Waals surface area contributed by atoms with Crippen LogP contribution in [0, 0.1) is 6.92 Å². The fourth-order valence-corrected chi connectivity index (χ4v) is 2.35. The summed E-state index contributed by atoms with van der Waals surface area (Å²) >= 11 is 5.92. The van der Waals surface area contributed by atoms with Gasteiger partial charge in [-0.05, 0) is 31.9 Å². The van der Waals surface area contributed by atoms with Crippen molar-refractivity contribution in [2.24, 2.45) is 0 Å². The first-order valence-electron chi connectivity index (χ1n) is 5.99. The highest BCUT2D eigenvalue weighted by Crippen LogP contribution is 2.23. The van der Waals surface area contributed by atoms with E-state index in [0.29, 0.717) is 11.3 Å². The minimum absolute atomic E-state index is 0.229. The molecular weight excluding hydrogens is 238 g/mol. The predicted molar refractivity (Wildman–Crippen MR) is 68.6 cm³/mol. The fourth-order valence-electron chi connectivity index (χ4n) is 2.13. The van der Waals surface area contributed by atoms with Crippen LogP contribution in [0.4, 0.5) is 5.82 Å². The van der Waals surface area contributed by atoms with Crippen LogP contribution >= 0.6 is 11.6 Å². The van der Waals surface area contributed by atoms with E-state index in [1.54, 1.807) is 0 Å². The smallest absolute Gasteiger partial charge is 0.224 e. The van der Waals surface area contributed by atoms with Gasteiger partial charge < -0.3 is 9.64 Å². The van der Waals surface area contributed by atoms with Gasteiger partial charge in [-0.2, -0.15) is 0 Å². The number of hydrogen-bond donors (Lipinski definition) is 0. The third kappa shape index (κ3) is 2.87. The zero-order chi connectivity index (χ0) is 12.4. The topological polar surface area (TPSA) is 38.2 Å². The van der Waals surface area contributed by atoms with Gasteiger partial charge in [-0.3, -0.25) is 0 Å². The molecule has 2 unspecified atom stereocenters. The van der Waals surface area contributed by atoms with Crippen molar-refractivity contribution in [3.8, 4) is 0 Å². The Hall–Kier alpha value is -0.870. The Bertz CT molecular complexity index is 379. The van der Waals surface area contributed by atoms with E-state index in [2.05, 4.69) is 28.7 Å². The predicted octanol–water partition coefficient (Wildman–Crippen LogP) is 2.44. The van der Waals surface area contributed by atoms with Gasteiger partial charge in [0.05, 0.1) is 18.8 Å². The van der Waals surface area contributed by atoms with Gasteiger partial charge in [0.1, 0.15) is 5.82 Å². The molecule has 1 fully saturated rings. The minimum Gasteiger partial charge on any atom is -0.375 e. The molecule has 4 nitrogen and oxygen atoms in total. The molecule has 2 rings (SSSR count). The molecule has 0 bridgehead atoms. The van der Waals surface area contributed by atoms with E-state index in [9.17, 15) is 0 Å². The van der Waals surface area contributed by atoms with Crippen molar-refractivity contribution in [1.82, 2.24) is 9.97 Å². The van der Waals surface area contributed by atoms with Gasteiger partial charge >= 0.3 is 0 Å². The lowest BCUT2D eigenvalue weighted by molar-refractivity contribution is 0.0296. The summed E-state index contributed by atoms with van der Waals surface area (Å²) in [4.78, 5) is 10.7. The third-order valence-corrected chi connectivity index (χ3v) is 3.22. The Morgan fingerprint density at radius 2 is 2.29 bits per heavy atom. The Morgan fingerprint density at radius 1 is 1.53 bits per heavy atom. The SMILES string of the molecule is CCC1COC(C)CN1c1cc(C)nc(Cl)n1. The van der Waals surface area contributed by atoms with Crippen molar-refractivity contribution in [3.05, 3.63) is 17.0 Å². The van der Waals surface area contributed by atoms with Crippen LogP contribution in [0.2, 0.25) is 5.28 Å². The van der Waals surface area contributed by atoms with E-state index in [1.165, 1.54) is 0 Å². The number of morpholine rings is 1. The second-order valence-electron chi connectivity index (χ2n) is 4.49. The van der Waals surface area contributed by atoms with Crippen LogP contribution < -0.4 is 4.90 Å². The Kier molecular flexibility index (Phi) is 3.84. The lowest BCUT2D eigenvalue weighted by Gasteiger charge is -2.39. The summed E-state index contributed by atoms with van der Waals surface area (Å²) < 4.78 is 5.68. The quantitative estimate of drug-likeness (QED) is 0.761. The number of aryl methyl sites for hydroxylation is 1. The lowest BCUT2D eigenvalue weighted by atomic mass is 10.1. The summed E-state index contributed by atoms with van der Waals surface area (Å²) in [6.07, 6.45) is 1.26. The van der Waals surface area contributed by atoms with Crippen LogP contribution in [0.25, 0.3) is 0 Å². The van der Waals surface area contributed by atoms with Crippen LogP contribution in [0.15, 0.2) is 6.07 Å². The molecule has 5 heteroatoms. The molecule has 0 N–H and O–H groups in total. The summed E-state index contributed by atoms with van der Waals surface area (Å²) in [5.74, 6) is 0.907. The van der Waals surface area contributed by atoms with Crippen LogP contribution in [-0.2, 0) is 4.74 Å². The van der Waals surface area contributed by atoms with Crippen LogP contribution in [0.3, 0.4) is 0 Å². The number of aromatic nitrogens is 2. The van der Waals surface area contributed by atoms with Crippen LogP contribution in [0.1, 0.15) is 26.0 Å². The molecule has 0 radical (unpaired) electrons. The first kappa shape index (κ1) is 12.6. The second-order valence-corrected chi connectivity index (χ2v) is 4.83. The van der Waals surface area contributed by atoms with Gasteiger partial charge in [0.2, 0.25) is 5.28 Å². The summed E-state index contributed by atoms with van der Waals surface area (Å²) in [5, 5.41) is 0.314. The molecule has 1 aromatic heterocycles. The molecule has 2 heterocycles. The molecule has 1 saturated heterocycles. The zero-order valence-electron chi connectivity index (χ0n) is 10.5. The molecule has 1 aliphatic rings. The summed E-state index contributed by atoms with van der Waals surface area (Å²) in [6, 6.07) is 2.35. The molecule has 94 valence electrons. The zero-order valence-corrected chi connectivity index (χ0v) is 11.2. The number of hydrogen-bond acceptors (Lipinski definition) is 4. The summed E-state index contributed by atoms with van der Waals surface area (Å²) in [5.41, 5.74) is 0.897. The maximum atomic E-state index is 5.92. The third-order valence-electron chi connectivity index (χ3n) is 3.05. The molecule has 17 heavy (non-hydrogen) atoms. The molecule has 0 spiro atoms. The van der Waals surface area contributed by atoms with Crippen molar-refractivity contribution in [2.75, 3.05) is 18.1 Å². The van der Waals surface area contributed by atoms with Gasteiger partial charge in [0.25, 0.3) is 0 Å². The van der Waals surface area contributed by atoms with E-state index in [1.807, 2.05) is 13.0 Å². The first-order valence-corrected chi connectivity index (χ1v) is 6.37. The van der Waals surface area contributed by atoms with E-state index >= 15 is 0 Å². The molecule has 2 atom stereocenters. The Balaban J connectivity index is 2.28. The van der Waals surface area contributed by atoms with Gasteiger partial charge in [0.15, 0.2) is 0 Å². The number of anilines is 1. The standard InChI is InChI=1S/C12H18ClN3O/c1-4-10-7-17-9(3)6-16(10)11-5-8(2)14-12(13)15-11/h5,9-10H,4,6-7H2,1-3H3. The highest BCUT2D eigenvalue weighted by Gasteiger charge is 2.26. The molecule has 0 aliphatic carbocycles. The average Bonchev–Trinajstić information content (AvgIpc) is 2.27. The van der Waals surface area contributed by atoms with Crippen molar-refractivity contribution >= 4 is 17.4 Å². The van der Waals surface area contributed by atoms with Crippen molar-refractivity contribution in [1.29, 1.82) is 0 Å². The van der Waals surface area contributed by atoms with Gasteiger partial charge in [-0.25, -0.2) is 9.97 Å². The molecule has 0 amide bonds. The maximum Gasteiger partial charge on any atom is 0.224 e. The molecule has 0 aromatic carbocycles. The van der Waals surface area contributed by atoms with E-state index in [4.69, 9.17) is 16.3 Å². The highest BCUT2D eigenvalue weighted by molar-refractivity contribution is 6.28. The first-order chi connectivity index (χ1) is 8.10. The molecule has 0 saturated carbocycles. The number of ether oxygens (including phenoxy) is 1.